The number of carbonyl (C=O) groups excluding carboxylic acids is 2. The zero-order valence-electron chi connectivity index (χ0n) is 14.4. The lowest BCUT2D eigenvalue weighted by Crippen LogP contribution is -2.61. The van der Waals surface area contributed by atoms with Crippen LogP contribution in [0.15, 0.2) is 30.3 Å². The summed E-state index contributed by atoms with van der Waals surface area (Å²) in [6.45, 7) is 0.568. The molecule has 25 heavy (non-hydrogen) atoms. The van der Waals surface area contributed by atoms with Crippen molar-refractivity contribution in [2.75, 3.05) is 27.2 Å². The van der Waals surface area contributed by atoms with Crippen LogP contribution in [0.25, 0.3) is 0 Å². The highest BCUT2D eigenvalue weighted by atomic mass is 16.5. The summed E-state index contributed by atoms with van der Waals surface area (Å²) >= 11 is 0. The highest BCUT2D eigenvalue weighted by molar-refractivity contribution is 5.85. The number of hydrogen-bond donors (Lipinski definition) is 2. The number of rotatable bonds is 4. The number of amides is 3. The highest BCUT2D eigenvalue weighted by Gasteiger charge is 2.44. The summed E-state index contributed by atoms with van der Waals surface area (Å²) in [5.74, 6) is -1.12. The molecule has 1 aliphatic rings. The summed E-state index contributed by atoms with van der Waals surface area (Å²) in [7, 11) is 3.28. The SMILES string of the molecule is CN(C)C(=O)N1CCC(NC(=O)OCc2ccccc2)(C(=O)O)CC1. The maximum Gasteiger partial charge on any atom is 0.408 e. The number of nitrogens with zero attached hydrogens (tertiary/aromatic N) is 2. The van der Waals surface area contributed by atoms with Crippen LogP contribution in [-0.4, -0.2) is 65.7 Å². The standard InChI is InChI=1S/C17H23N3O5/c1-19(2)16(24)20-10-8-17(9-11-20,14(21)22)18-15(23)25-12-13-6-4-3-5-7-13/h3-7H,8-12H2,1-2H3,(H,18,23)(H,21,22). The van der Waals surface area contributed by atoms with Crippen molar-refractivity contribution < 1.29 is 24.2 Å². The van der Waals surface area contributed by atoms with Gasteiger partial charge in [-0.05, 0) is 18.4 Å². The van der Waals surface area contributed by atoms with Gasteiger partial charge >= 0.3 is 18.1 Å². The fourth-order valence-electron chi connectivity index (χ4n) is 2.71. The molecule has 0 atom stereocenters. The Hall–Kier alpha value is -2.77. The van der Waals surface area contributed by atoms with Gasteiger partial charge in [0.2, 0.25) is 0 Å². The largest absolute Gasteiger partial charge is 0.480 e. The van der Waals surface area contributed by atoms with Crippen LogP contribution >= 0.6 is 0 Å². The van der Waals surface area contributed by atoms with E-state index >= 15 is 0 Å². The molecule has 0 aliphatic carbocycles. The minimum atomic E-state index is -1.42. The van der Waals surface area contributed by atoms with E-state index < -0.39 is 17.6 Å². The minimum absolute atomic E-state index is 0.0631. The molecule has 1 heterocycles. The number of urea groups is 1. The Balaban J connectivity index is 1.93. The first-order valence-corrected chi connectivity index (χ1v) is 8.02. The molecule has 0 aromatic heterocycles. The van der Waals surface area contributed by atoms with E-state index in [2.05, 4.69) is 5.32 Å². The number of carboxylic acids is 1. The van der Waals surface area contributed by atoms with Crippen LogP contribution in [0, 0.1) is 0 Å². The van der Waals surface area contributed by atoms with Gasteiger partial charge in [0, 0.05) is 27.2 Å². The van der Waals surface area contributed by atoms with Crippen molar-refractivity contribution >= 4 is 18.1 Å². The Morgan fingerprint density at radius 2 is 1.80 bits per heavy atom. The lowest BCUT2D eigenvalue weighted by atomic mass is 9.87. The maximum atomic E-state index is 12.0. The first kappa shape index (κ1) is 18.6. The predicted molar refractivity (Wildman–Crippen MR) is 90.0 cm³/mol. The first-order valence-electron chi connectivity index (χ1n) is 8.02. The normalized spacial score (nSPS) is 16.0. The molecule has 1 aromatic carbocycles. The van der Waals surface area contributed by atoms with Crippen molar-refractivity contribution in [2.45, 2.75) is 25.0 Å². The summed E-state index contributed by atoms with van der Waals surface area (Å²) < 4.78 is 5.12. The molecule has 0 radical (unpaired) electrons. The average molecular weight is 349 g/mol. The van der Waals surface area contributed by atoms with Crippen molar-refractivity contribution in [1.82, 2.24) is 15.1 Å². The van der Waals surface area contributed by atoms with Crippen LogP contribution in [0.3, 0.4) is 0 Å². The van der Waals surface area contributed by atoms with Crippen LogP contribution in [0.2, 0.25) is 0 Å². The zero-order chi connectivity index (χ0) is 18.4. The Labute approximate surface area is 146 Å². The number of aliphatic carboxylic acids is 1. The molecule has 0 spiro atoms. The molecule has 3 amide bonds. The number of ether oxygens (including phenoxy) is 1. The Kier molecular flexibility index (Phi) is 5.84. The van der Waals surface area contributed by atoms with E-state index in [0.717, 1.165) is 5.56 Å². The third kappa shape index (κ3) is 4.62. The van der Waals surface area contributed by atoms with Crippen molar-refractivity contribution in [3.63, 3.8) is 0 Å². The lowest BCUT2D eigenvalue weighted by Gasteiger charge is -2.39. The van der Waals surface area contributed by atoms with Crippen molar-refractivity contribution in [3.05, 3.63) is 35.9 Å². The molecule has 8 nitrogen and oxygen atoms in total. The predicted octanol–water partition coefficient (Wildman–Crippen LogP) is 1.51. The van der Waals surface area contributed by atoms with Gasteiger partial charge in [-0.1, -0.05) is 30.3 Å². The number of likely N-dealkylation sites (tertiary alicyclic amines) is 1. The topological polar surface area (TPSA) is 99.2 Å². The van der Waals surface area contributed by atoms with E-state index in [9.17, 15) is 19.5 Å². The second kappa shape index (κ2) is 7.87. The number of alkyl carbamates (subject to hydrolysis) is 1. The van der Waals surface area contributed by atoms with E-state index in [0.29, 0.717) is 0 Å². The Bertz CT molecular complexity index is 624. The van der Waals surface area contributed by atoms with Gasteiger partial charge in [0.1, 0.15) is 12.1 Å². The van der Waals surface area contributed by atoms with E-state index in [1.807, 2.05) is 30.3 Å². The average Bonchev–Trinajstić information content (AvgIpc) is 2.60. The smallest absolute Gasteiger partial charge is 0.408 e. The third-order valence-corrected chi connectivity index (χ3v) is 4.23. The van der Waals surface area contributed by atoms with Gasteiger partial charge in [-0.3, -0.25) is 0 Å². The molecule has 1 saturated heterocycles. The third-order valence-electron chi connectivity index (χ3n) is 4.23. The lowest BCUT2D eigenvalue weighted by molar-refractivity contribution is -0.146. The fraction of sp³-hybridized carbons (Fsp3) is 0.471. The molecular weight excluding hydrogens is 326 g/mol. The molecule has 8 heteroatoms. The molecule has 0 saturated carbocycles. The number of nitrogens with one attached hydrogen (secondary N) is 1. The van der Waals surface area contributed by atoms with Gasteiger partial charge in [-0.2, -0.15) is 0 Å². The molecule has 0 unspecified atom stereocenters. The molecule has 136 valence electrons. The molecule has 1 aromatic rings. The number of piperidine rings is 1. The van der Waals surface area contributed by atoms with Crippen LogP contribution in [-0.2, 0) is 16.1 Å². The van der Waals surface area contributed by atoms with Gasteiger partial charge in [-0.15, -0.1) is 0 Å². The van der Waals surface area contributed by atoms with Gasteiger partial charge in [0.05, 0.1) is 0 Å². The van der Waals surface area contributed by atoms with E-state index in [1.165, 1.54) is 4.90 Å². The molecular formula is C17H23N3O5. The summed E-state index contributed by atoms with van der Waals surface area (Å²) in [6, 6.07) is 8.95. The van der Waals surface area contributed by atoms with Gasteiger partial charge in [-0.25, -0.2) is 14.4 Å². The zero-order valence-corrected chi connectivity index (χ0v) is 14.4. The fourth-order valence-corrected chi connectivity index (χ4v) is 2.71. The summed E-state index contributed by atoms with van der Waals surface area (Å²) in [5, 5.41) is 12.1. The van der Waals surface area contributed by atoms with E-state index in [-0.39, 0.29) is 38.6 Å². The number of benzene rings is 1. The van der Waals surface area contributed by atoms with E-state index in [4.69, 9.17) is 4.74 Å². The Morgan fingerprint density at radius 1 is 1.20 bits per heavy atom. The van der Waals surface area contributed by atoms with Crippen molar-refractivity contribution in [3.8, 4) is 0 Å². The monoisotopic (exact) mass is 349 g/mol. The van der Waals surface area contributed by atoms with Crippen LogP contribution in [0.1, 0.15) is 18.4 Å². The van der Waals surface area contributed by atoms with Gasteiger partial charge in [0.25, 0.3) is 0 Å². The summed E-state index contributed by atoms with van der Waals surface area (Å²) in [6.07, 6.45) is -0.524. The first-order chi connectivity index (χ1) is 11.8. The van der Waals surface area contributed by atoms with Crippen LogP contribution < -0.4 is 5.32 Å². The molecule has 2 N–H and O–H groups in total. The molecule has 1 aliphatic heterocycles. The number of hydrogen-bond acceptors (Lipinski definition) is 4. The van der Waals surface area contributed by atoms with Crippen LogP contribution in [0.5, 0.6) is 0 Å². The van der Waals surface area contributed by atoms with Gasteiger partial charge < -0.3 is 25.0 Å². The minimum Gasteiger partial charge on any atom is -0.480 e. The number of carboxylic acid groups (broad SMARTS) is 1. The summed E-state index contributed by atoms with van der Waals surface area (Å²) in [4.78, 5) is 38.7. The highest BCUT2D eigenvalue weighted by Crippen LogP contribution is 2.23. The van der Waals surface area contributed by atoms with Crippen LogP contribution in [0.4, 0.5) is 9.59 Å². The maximum absolute atomic E-state index is 12.0. The second-order valence-corrected chi connectivity index (χ2v) is 6.24. The van der Waals surface area contributed by atoms with Gasteiger partial charge in [0.15, 0.2) is 0 Å². The Morgan fingerprint density at radius 3 is 2.32 bits per heavy atom. The quantitative estimate of drug-likeness (QED) is 0.858. The summed E-state index contributed by atoms with van der Waals surface area (Å²) in [5.41, 5.74) is -0.606. The van der Waals surface area contributed by atoms with Crippen molar-refractivity contribution in [2.24, 2.45) is 0 Å². The van der Waals surface area contributed by atoms with E-state index in [1.54, 1.807) is 19.0 Å². The molecule has 0 bridgehead atoms. The molecule has 2 rings (SSSR count). The van der Waals surface area contributed by atoms with Crippen molar-refractivity contribution in [1.29, 1.82) is 0 Å². The molecule has 1 fully saturated rings. The number of carbonyl (C=O) groups is 3. The second-order valence-electron chi connectivity index (χ2n) is 6.24.